The zero-order valence-corrected chi connectivity index (χ0v) is 12.3. The summed E-state index contributed by atoms with van der Waals surface area (Å²) in [5.41, 5.74) is -0.303. The molecule has 1 aliphatic carbocycles. The van der Waals surface area contributed by atoms with Gasteiger partial charge < -0.3 is 4.90 Å². The summed E-state index contributed by atoms with van der Waals surface area (Å²) >= 11 is 0. The van der Waals surface area contributed by atoms with E-state index in [2.05, 4.69) is 37.1 Å². The van der Waals surface area contributed by atoms with Crippen molar-refractivity contribution in [1.29, 1.82) is 5.26 Å². The minimum absolute atomic E-state index is 0.303. The molecule has 0 amide bonds. The van der Waals surface area contributed by atoms with E-state index in [0.717, 1.165) is 19.4 Å². The molecule has 1 unspecified atom stereocenters. The van der Waals surface area contributed by atoms with Crippen LogP contribution in [-0.4, -0.2) is 36.1 Å². The van der Waals surface area contributed by atoms with Crippen LogP contribution in [0.2, 0.25) is 0 Å². The largest absolute Gasteiger partial charge is 0.304 e. The van der Waals surface area contributed by atoms with Crippen LogP contribution < -0.4 is 5.32 Å². The molecule has 3 nitrogen and oxygen atoms in total. The van der Waals surface area contributed by atoms with Crippen molar-refractivity contribution in [3.05, 3.63) is 0 Å². The fourth-order valence-electron chi connectivity index (χ4n) is 2.40. The van der Waals surface area contributed by atoms with Gasteiger partial charge >= 0.3 is 0 Å². The average molecular weight is 251 g/mol. The lowest BCUT2D eigenvalue weighted by Crippen LogP contribution is -2.42. The van der Waals surface area contributed by atoms with Crippen LogP contribution in [0.4, 0.5) is 0 Å². The van der Waals surface area contributed by atoms with Crippen molar-refractivity contribution in [2.45, 2.75) is 70.9 Å². The standard InChI is InChI=1S/C15H29N3/c1-4-11-18(5-2)12-7-6-10-15(3,13-16)17-14-8-9-14/h14,17H,4-12H2,1-3H3. The number of hydrogen-bond acceptors (Lipinski definition) is 3. The van der Waals surface area contributed by atoms with Crippen molar-refractivity contribution in [2.24, 2.45) is 0 Å². The van der Waals surface area contributed by atoms with E-state index in [9.17, 15) is 5.26 Å². The highest BCUT2D eigenvalue weighted by Crippen LogP contribution is 2.24. The SMILES string of the molecule is CCCN(CC)CCCCC(C)(C#N)NC1CC1. The maximum atomic E-state index is 9.28. The summed E-state index contributed by atoms with van der Waals surface area (Å²) in [6.07, 6.45) is 7.05. The Labute approximate surface area is 113 Å². The zero-order chi connectivity index (χ0) is 13.4. The van der Waals surface area contributed by atoms with Crippen molar-refractivity contribution in [3.63, 3.8) is 0 Å². The summed E-state index contributed by atoms with van der Waals surface area (Å²) < 4.78 is 0. The van der Waals surface area contributed by atoms with Gasteiger partial charge in [0, 0.05) is 6.04 Å². The zero-order valence-electron chi connectivity index (χ0n) is 12.3. The molecule has 3 heteroatoms. The van der Waals surface area contributed by atoms with Gasteiger partial charge in [0.25, 0.3) is 0 Å². The summed E-state index contributed by atoms with van der Waals surface area (Å²) in [7, 11) is 0. The van der Waals surface area contributed by atoms with Gasteiger partial charge in [-0.15, -0.1) is 0 Å². The summed E-state index contributed by atoms with van der Waals surface area (Å²) in [6, 6.07) is 3.07. The van der Waals surface area contributed by atoms with E-state index in [1.807, 2.05) is 0 Å². The number of nitrogens with one attached hydrogen (secondary N) is 1. The van der Waals surface area contributed by atoms with Crippen LogP contribution in [0, 0.1) is 11.3 Å². The molecule has 1 fully saturated rings. The van der Waals surface area contributed by atoms with Crippen LogP contribution in [0.3, 0.4) is 0 Å². The molecule has 18 heavy (non-hydrogen) atoms. The van der Waals surface area contributed by atoms with Crippen molar-refractivity contribution >= 4 is 0 Å². The Morgan fingerprint density at radius 1 is 1.28 bits per heavy atom. The van der Waals surface area contributed by atoms with E-state index >= 15 is 0 Å². The minimum Gasteiger partial charge on any atom is -0.304 e. The second-order valence-electron chi connectivity index (χ2n) is 5.75. The first-order valence-corrected chi connectivity index (χ1v) is 7.55. The van der Waals surface area contributed by atoms with E-state index in [1.54, 1.807) is 0 Å². The molecule has 0 aromatic carbocycles. The molecular weight excluding hydrogens is 222 g/mol. The number of nitriles is 1. The number of rotatable bonds is 10. The second kappa shape index (κ2) is 7.76. The highest BCUT2D eigenvalue weighted by molar-refractivity contribution is 5.06. The lowest BCUT2D eigenvalue weighted by atomic mass is 9.96. The summed E-state index contributed by atoms with van der Waals surface area (Å²) in [5, 5.41) is 12.7. The molecule has 104 valence electrons. The summed E-state index contributed by atoms with van der Waals surface area (Å²) in [4.78, 5) is 2.50. The Morgan fingerprint density at radius 3 is 2.50 bits per heavy atom. The molecule has 0 saturated heterocycles. The molecule has 0 aromatic heterocycles. The molecule has 1 saturated carbocycles. The van der Waals surface area contributed by atoms with E-state index in [1.165, 1.54) is 38.8 Å². The monoisotopic (exact) mass is 251 g/mol. The van der Waals surface area contributed by atoms with E-state index in [-0.39, 0.29) is 5.54 Å². The van der Waals surface area contributed by atoms with Crippen molar-refractivity contribution < 1.29 is 0 Å². The van der Waals surface area contributed by atoms with Gasteiger partial charge in [-0.3, -0.25) is 5.32 Å². The van der Waals surface area contributed by atoms with Crippen LogP contribution in [0.15, 0.2) is 0 Å². The molecule has 1 rings (SSSR count). The maximum absolute atomic E-state index is 9.28. The lowest BCUT2D eigenvalue weighted by Gasteiger charge is -2.24. The third-order valence-electron chi connectivity index (χ3n) is 3.73. The summed E-state index contributed by atoms with van der Waals surface area (Å²) in [5.74, 6) is 0. The normalized spacial score (nSPS) is 18.6. The van der Waals surface area contributed by atoms with Gasteiger partial charge in [0.1, 0.15) is 5.54 Å². The molecule has 1 atom stereocenters. The number of nitrogens with zero attached hydrogens (tertiary/aromatic N) is 2. The molecular formula is C15H29N3. The van der Waals surface area contributed by atoms with Crippen LogP contribution in [0.5, 0.6) is 0 Å². The quantitative estimate of drug-likeness (QED) is 0.607. The predicted octanol–water partition coefficient (Wildman–Crippen LogP) is 2.92. The highest BCUT2D eigenvalue weighted by Gasteiger charge is 2.31. The molecule has 0 radical (unpaired) electrons. The molecule has 0 aromatic rings. The van der Waals surface area contributed by atoms with Gasteiger partial charge in [-0.1, -0.05) is 13.8 Å². The van der Waals surface area contributed by atoms with Crippen LogP contribution in [0.1, 0.15) is 59.3 Å². The molecule has 0 spiro atoms. The molecule has 0 bridgehead atoms. The van der Waals surface area contributed by atoms with Crippen LogP contribution >= 0.6 is 0 Å². The lowest BCUT2D eigenvalue weighted by molar-refractivity contribution is 0.275. The van der Waals surface area contributed by atoms with Gasteiger partial charge in [-0.05, 0) is 65.1 Å². The Bertz CT molecular complexity index is 267. The third kappa shape index (κ3) is 5.84. The van der Waals surface area contributed by atoms with Gasteiger partial charge in [0.05, 0.1) is 6.07 Å². The smallest absolute Gasteiger partial charge is 0.104 e. The first-order chi connectivity index (χ1) is 8.63. The van der Waals surface area contributed by atoms with Crippen molar-refractivity contribution in [1.82, 2.24) is 10.2 Å². The van der Waals surface area contributed by atoms with Gasteiger partial charge in [0.2, 0.25) is 0 Å². The average Bonchev–Trinajstić information content (AvgIpc) is 3.17. The van der Waals surface area contributed by atoms with Crippen molar-refractivity contribution in [2.75, 3.05) is 19.6 Å². The molecule has 0 heterocycles. The fraction of sp³-hybridized carbons (Fsp3) is 0.933. The Morgan fingerprint density at radius 2 is 2.00 bits per heavy atom. The second-order valence-corrected chi connectivity index (χ2v) is 5.75. The van der Waals surface area contributed by atoms with Gasteiger partial charge in [-0.25, -0.2) is 0 Å². The molecule has 1 N–H and O–H groups in total. The highest BCUT2D eigenvalue weighted by atomic mass is 15.1. The van der Waals surface area contributed by atoms with Crippen molar-refractivity contribution in [3.8, 4) is 6.07 Å². The number of hydrogen-bond donors (Lipinski definition) is 1. The first kappa shape index (κ1) is 15.5. The third-order valence-corrected chi connectivity index (χ3v) is 3.73. The van der Waals surface area contributed by atoms with Crippen LogP contribution in [-0.2, 0) is 0 Å². The Balaban J connectivity index is 2.16. The van der Waals surface area contributed by atoms with E-state index in [0.29, 0.717) is 6.04 Å². The van der Waals surface area contributed by atoms with Gasteiger partial charge in [0.15, 0.2) is 0 Å². The van der Waals surface area contributed by atoms with E-state index < -0.39 is 0 Å². The fourth-order valence-corrected chi connectivity index (χ4v) is 2.40. The topological polar surface area (TPSA) is 39.1 Å². The van der Waals surface area contributed by atoms with E-state index in [4.69, 9.17) is 0 Å². The maximum Gasteiger partial charge on any atom is 0.104 e. The number of unbranched alkanes of at least 4 members (excludes halogenated alkanes) is 1. The molecule has 1 aliphatic rings. The summed E-state index contributed by atoms with van der Waals surface area (Å²) in [6.45, 7) is 10.0. The Hall–Kier alpha value is -0.590. The predicted molar refractivity (Wildman–Crippen MR) is 76.4 cm³/mol. The Kier molecular flexibility index (Phi) is 6.67. The first-order valence-electron chi connectivity index (χ1n) is 7.55. The van der Waals surface area contributed by atoms with Gasteiger partial charge in [-0.2, -0.15) is 5.26 Å². The minimum atomic E-state index is -0.303. The van der Waals surface area contributed by atoms with Crippen LogP contribution in [0.25, 0.3) is 0 Å². The molecule has 0 aliphatic heterocycles.